The minimum Gasteiger partial charge on any atom is -0.376 e. The van der Waals surface area contributed by atoms with Crippen LogP contribution in [0.25, 0.3) is 16.9 Å². The fourth-order valence-electron chi connectivity index (χ4n) is 3.52. The Balaban J connectivity index is 1.55. The molecular weight excluding hydrogens is 340 g/mol. The number of imidazole rings is 1. The maximum absolute atomic E-state index is 12.9. The average Bonchev–Trinajstić information content (AvgIpc) is 3.16. The van der Waals surface area contributed by atoms with E-state index in [9.17, 15) is 4.79 Å². The van der Waals surface area contributed by atoms with Crippen molar-refractivity contribution in [1.82, 2.24) is 19.4 Å². The van der Waals surface area contributed by atoms with Crippen LogP contribution in [-0.4, -0.2) is 51.1 Å². The quantitative estimate of drug-likeness (QED) is 0.696. The monoisotopic (exact) mass is 364 g/mol. The van der Waals surface area contributed by atoms with Gasteiger partial charge < -0.3 is 9.64 Å². The maximum atomic E-state index is 12.9. The lowest BCUT2D eigenvalue weighted by Gasteiger charge is -2.32. The molecule has 1 saturated heterocycles. The third-order valence-electron chi connectivity index (χ3n) is 4.89. The lowest BCUT2D eigenvalue weighted by Crippen LogP contribution is -2.43. The number of carbonyl (C=O) groups is 1. The molecule has 1 fully saturated rings. The van der Waals surface area contributed by atoms with E-state index in [4.69, 9.17) is 4.74 Å². The van der Waals surface area contributed by atoms with Gasteiger partial charge in [-0.3, -0.25) is 9.36 Å². The number of rotatable bonds is 5. The molecule has 0 spiro atoms. The highest BCUT2D eigenvalue weighted by Crippen LogP contribution is 2.20. The number of nitrogens with zero attached hydrogens (tertiary/aromatic N) is 4. The third kappa shape index (κ3) is 3.71. The number of para-hydroxylation sites is 1. The summed E-state index contributed by atoms with van der Waals surface area (Å²) >= 11 is 0. The minimum atomic E-state index is 0.00320. The first-order valence-electron chi connectivity index (χ1n) is 9.55. The molecule has 0 radical (unpaired) electrons. The van der Waals surface area contributed by atoms with E-state index in [-0.39, 0.29) is 12.0 Å². The highest BCUT2D eigenvalue weighted by Gasteiger charge is 2.25. The topological polar surface area (TPSA) is 60.2 Å². The Morgan fingerprint density at radius 2 is 2.11 bits per heavy atom. The van der Waals surface area contributed by atoms with E-state index in [1.807, 2.05) is 45.9 Å². The number of benzene rings is 1. The Morgan fingerprint density at radius 3 is 2.93 bits per heavy atom. The van der Waals surface area contributed by atoms with E-state index >= 15 is 0 Å². The number of fused-ring (bicyclic) bond motifs is 1. The fourth-order valence-corrected chi connectivity index (χ4v) is 3.52. The predicted octanol–water partition coefficient (Wildman–Crippen LogP) is 3.45. The van der Waals surface area contributed by atoms with Crippen molar-refractivity contribution in [1.29, 1.82) is 0 Å². The number of likely N-dealkylation sites (tertiary alicyclic amines) is 1. The molecule has 6 heteroatoms. The van der Waals surface area contributed by atoms with Crippen molar-refractivity contribution >= 4 is 17.1 Å². The van der Waals surface area contributed by atoms with Gasteiger partial charge in [0.25, 0.3) is 5.91 Å². The maximum Gasteiger partial charge on any atom is 0.255 e. The molecule has 1 aromatic carbocycles. The van der Waals surface area contributed by atoms with E-state index in [0.717, 1.165) is 49.3 Å². The molecule has 2 aromatic heterocycles. The van der Waals surface area contributed by atoms with Crippen molar-refractivity contribution in [3.05, 3.63) is 54.5 Å². The molecule has 0 saturated carbocycles. The summed E-state index contributed by atoms with van der Waals surface area (Å²) in [6.45, 7) is 4.26. The van der Waals surface area contributed by atoms with Crippen LogP contribution in [0.5, 0.6) is 0 Å². The van der Waals surface area contributed by atoms with Crippen molar-refractivity contribution < 1.29 is 9.53 Å². The summed E-state index contributed by atoms with van der Waals surface area (Å²) in [6, 6.07) is 11.8. The lowest BCUT2D eigenvalue weighted by molar-refractivity contribution is 0.00210. The van der Waals surface area contributed by atoms with Crippen LogP contribution < -0.4 is 0 Å². The van der Waals surface area contributed by atoms with Crippen LogP contribution in [0.4, 0.5) is 0 Å². The number of hydrogen-bond acceptors (Lipinski definition) is 4. The van der Waals surface area contributed by atoms with Gasteiger partial charge in [0, 0.05) is 31.6 Å². The Hall–Kier alpha value is -2.73. The van der Waals surface area contributed by atoms with Crippen molar-refractivity contribution in [3.8, 4) is 5.69 Å². The van der Waals surface area contributed by atoms with Gasteiger partial charge >= 0.3 is 0 Å². The van der Waals surface area contributed by atoms with Crippen molar-refractivity contribution in [3.63, 3.8) is 0 Å². The van der Waals surface area contributed by atoms with Crippen LogP contribution in [0, 0.1) is 0 Å². The first-order chi connectivity index (χ1) is 13.3. The van der Waals surface area contributed by atoms with Gasteiger partial charge in [0.2, 0.25) is 0 Å². The summed E-state index contributed by atoms with van der Waals surface area (Å²) in [5.41, 5.74) is 3.05. The van der Waals surface area contributed by atoms with E-state index in [1.165, 1.54) is 0 Å². The van der Waals surface area contributed by atoms with Gasteiger partial charge in [0.15, 0.2) is 5.65 Å². The molecule has 3 heterocycles. The number of hydrogen-bond donors (Lipinski definition) is 0. The zero-order chi connectivity index (χ0) is 18.6. The summed E-state index contributed by atoms with van der Waals surface area (Å²) in [5.74, 6) is 0.00320. The number of pyridine rings is 1. The molecule has 0 bridgehead atoms. The molecule has 27 heavy (non-hydrogen) atoms. The summed E-state index contributed by atoms with van der Waals surface area (Å²) in [4.78, 5) is 23.8. The lowest BCUT2D eigenvalue weighted by atomic mass is 10.1. The largest absolute Gasteiger partial charge is 0.376 e. The smallest absolute Gasteiger partial charge is 0.255 e. The van der Waals surface area contributed by atoms with Crippen LogP contribution in [0.15, 0.2) is 48.9 Å². The molecule has 1 aliphatic rings. The first kappa shape index (κ1) is 17.7. The van der Waals surface area contributed by atoms with E-state index in [1.54, 1.807) is 12.5 Å². The SMILES string of the molecule is CCCOC1CCCN(C(=O)c2cnc3c(c2)ncn3-c2ccccc2)C1. The number of amides is 1. The Labute approximate surface area is 158 Å². The average molecular weight is 364 g/mol. The van der Waals surface area contributed by atoms with Gasteiger partial charge in [-0.25, -0.2) is 9.97 Å². The zero-order valence-electron chi connectivity index (χ0n) is 15.5. The van der Waals surface area contributed by atoms with E-state index in [0.29, 0.717) is 12.1 Å². The normalized spacial score (nSPS) is 17.4. The fraction of sp³-hybridized carbons (Fsp3) is 0.381. The van der Waals surface area contributed by atoms with E-state index < -0.39 is 0 Å². The summed E-state index contributed by atoms with van der Waals surface area (Å²) < 4.78 is 7.78. The highest BCUT2D eigenvalue weighted by molar-refractivity contribution is 5.96. The predicted molar refractivity (Wildman–Crippen MR) is 104 cm³/mol. The van der Waals surface area contributed by atoms with Gasteiger partial charge in [0.05, 0.1) is 11.7 Å². The zero-order valence-corrected chi connectivity index (χ0v) is 15.5. The molecule has 4 rings (SSSR count). The van der Waals surface area contributed by atoms with Crippen LogP contribution in [0.2, 0.25) is 0 Å². The summed E-state index contributed by atoms with van der Waals surface area (Å²) in [5, 5.41) is 0. The van der Waals surface area contributed by atoms with Gasteiger partial charge in [-0.2, -0.15) is 0 Å². The number of ether oxygens (including phenoxy) is 1. The Kier molecular flexibility index (Phi) is 5.16. The molecule has 1 unspecified atom stereocenters. The van der Waals surface area contributed by atoms with Gasteiger partial charge in [-0.05, 0) is 37.5 Å². The van der Waals surface area contributed by atoms with Gasteiger partial charge in [0.1, 0.15) is 11.8 Å². The van der Waals surface area contributed by atoms with Crippen LogP contribution in [0.3, 0.4) is 0 Å². The molecule has 3 aromatic rings. The third-order valence-corrected chi connectivity index (χ3v) is 4.89. The molecule has 6 nitrogen and oxygen atoms in total. The molecule has 0 aliphatic carbocycles. The standard InChI is InChI=1S/C21H24N4O2/c1-2-11-27-18-9-6-10-24(14-18)21(26)16-12-19-20(22-13-16)25(15-23-19)17-7-4-3-5-8-17/h3-5,7-8,12-13,15,18H,2,6,9-11,14H2,1H3. The first-order valence-corrected chi connectivity index (χ1v) is 9.55. The van der Waals surface area contributed by atoms with Crippen molar-refractivity contribution in [2.75, 3.05) is 19.7 Å². The molecule has 140 valence electrons. The molecule has 1 amide bonds. The minimum absolute atomic E-state index is 0.00320. The van der Waals surface area contributed by atoms with Crippen LogP contribution in [0.1, 0.15) is 36.5 Å². The second-order valence-corrected chi connectivity index (χ2v) is 6.90. The number of piperidine rings is 1. The van der Waals surface area contributed by atoms with Crippen molar-refractivity contribution in [2.45, 2.75) is 32.3 Å². The van der Waals surface area contributed by atoms with Crippen LogP contribution >= 0.6 is 0 Å². The van der Waals surface area contributed by atoms with Crippen molar-refractivity contribution in [2.24, 2.45) is 0 Å². The Bertz CT molecular complexity index is 922. The van der Waals surface area contributed by atoms with Gasteiger partial charge in [-0.1, -0.05) is 25.1 Å². The Morgan fingerprint density at radius 1 is 1.26 bits per heavy atom. The molecule has 1 aliphatic heterocycles. The second kappa shape index (κ2) is 7.88. The second-order valence-electron chi connectivity index (χ2n) is 6.90. The summed E-state index contributed by atoms with van der Waals surface area (Å²) in [7, 11) is 0. The molecule has 1 atom stereocenters. The number of carbonyl (C=O) groups excluding carboxylic acids is 1. The van der Waals surface area contributed by atoms with Crippen LogP contribution in [-0.2, 0) is 4.74 Å². The van der Waals surface area contributed by atoms with Gasteiger partial charge in [-0.15, -0.1) is 0 Å². The molecular formula is C21H24N4O2. The summed E-state index contributed by atoms with van der Waals surface area (Å²) in [6.07, 6.45) is 6.52. The highest BCUT2D eigenvalue weighted by atomic mass is 16.5. The number of aromatic nitrogens is 3. The van der Waals surface area contributed by atoms with E-state index in [2.05, 4.69) is 16.9 Å². The molecule has 0 N–H and O–H groups in total.